The zero-order valence-corrected chi connectivity index (χ0v) is 17.7. The zero-order chi connectivity index (χ0) is 19.2. The molecule has 25 heavy (non-hydrogen) atoms. The number of methoxy groups -OCH3 is 2. The third-order valence-electron chi connectivity index (χ3n) is 4.57. The van der Waals surface area contributed by atoms with Crippen LogP contribution in [0.15, 0.2) is 24.3 Å². The van der Waals surface area contributed by atoms with Crippen LogP contribution in [0.2, 0.25) is 0 Å². The standard InChI is InChI=1S/C18H28O3.2C2H6/c1-13(14(2)12-19-3)9-15-5-7-16(8-6-15)21-18-10-17(11-18)20-4;2*1-2/h5-8,13-14,17-18H,9-12H2,1-4H3;2*1-2H3. The molecule has 0 heterocycles. The lowest BCUT2D eigenvalue weighted by molar-refractivity contribution is -0.0381. The second-order valence-corrected chi connectivity index (χ2v) is 6.33. The molecule has 0 aromatic heterocycles. The Morgan fingerprint density at radius 1 is 0.880 bits per heavy atom. The predicted molar refractivity (Wildman–Crippen MR) is 107 cm³/mol. The van der Waals surface area contributed by atoms with Gasteiger partial charge in [-0.05, 0) is 36.0 Å². The average molecular weight is 353 g/mol. The van der Waals surface area contributed by atoms with Crippen molar-refractivity contribution in [1.29, 1.82) is 0 Å². The van der Waals surface area contributed by atoms with Gasteiger partial charge in [0.2, 0.25) is 0 Å². The van der Waals surface area contributed by atoms with Crippen LogP contribution in [0, 0.1) is 11.8 Å². The minimum atomic E-state index is 0.321. The fourth-order valence-electron chi connectivity index (χ4n) is 2.70. The van der Waals surface area contributed by atoms with E-state index in [0.717, 1.165) is 31.6 Å². The molecule has 1 aromatic rings. The van der Waals surface area contributed by atoms with E-state index in [1.807, 2.05) is 27.7 Å². The summed E-state index contributed by atoms with van der Waals surface area (Å²) < 4.78 is 16.4. The Balaban J connectivity index is 0.00000134. The van der Waals surface area contributed by atoms with E-state index in [0.29, 0.717) is 24.0 Å². The lowest BCUT2D eigenvalue weighted by atomic mass is 9.90. The van der Waals surface area contributed by atoms with Gasteiger partial charge in [-0.15, -0.1) is 0 Å². The quantitative estimate of drug-likeness (QED) is 0.595. The van der Waals surface area contributed by atoms with Crippen molar-refractivity contribution in [1.82, 2.24) is 0 Å². The van der Waals surface area contributed by atoms with E-state index < -0.39 is 0 Å². The molecule has 1 saturated carbocycles. The van der Waals surface area contributed by atoms with Crippen molar-refractivity contribution in [3.05, 3.63) is 29.8 Å². The van der Waals surface area contributed by atoms with Crippen molar-refractivity contribution in [3.63, 3.8) is 0 Å². The van der Waals surface area contributed by atoms with E-state index in [2.05, 4.69) is 38.1 Å². The topological polar surface area (TPSA) is 27.7 Å². The van der Waals surface area contributed by atoms with Crippen LogP contribution in [-0.4, -0.2) is 33.0 Å². The van der Waals surface area contributed by atoms with Crippen molar-refractivity contribution in [3.8, 4) is 5.75 Å². The molecule has 2 rings (SSSR count). The molecule has 1 aromatic carbocycles. The number of hydrogen-bond donors (Lipinski definition) is 0. The van der Waals surface area contributed by atoms with Crippen LogP contribution in [0.3, 0.4) is 0 Å². The first-order chi connectivity index (χ1) is 12.1. The van der Waals surface area contributed by atoms with Crippen LogP contribution in [0.1, 0.15) is 59.9 Å². The molecule has 0 spiro atoms. The minimum absolute atomic E-state index is 0.321. The molecule has 0 aliphatic heterocycles. The molecule has 1 aliphatic carbocycles. The number of hydrogen-bond acceptors (Lipinski definition) is 3. The van der Waals surface area contributed by atoms with Gasteiger partial charge in [0, 0.05) is 33.7 Å². The maximum atomic E-state index is 5.93. The van der Waals surface area contributed by atoms with Crippen LogP contribution in [0.4, 0.5) is 0 Å². The number of ether oxygens (including phenoxy) is 3. The fraction of sp³-hybridized carbons (Fsp3) is 0.727. The monoisotopic (exact) mass is 352 g/mol. The lowest BCUT2D eigenvalue weighted by Gasteiger charge is -2.34. The molecule has 1 aliphatic rings. The maximum Gasteiger partial charge on any atom is 0.119 e. The third-order valence-corrected chi connectivity index (χ3v) is 4.57. The van der Waals surface area contributed by atoms with Crippen molar-refractivity contribution in [2.24, 2.45) is 11.8 Å². The molecule has 146 valence electrons. The van der Waals surface area contributed by atoms with Crippen molar-refractivity contribution >= 4 is 0 Å². The first-order valence-electron chi connectivity index (χ1n) is 9.89. The van der Waals surface area contributed by atoms with E-state index in [9.17, 15) is 0 Å². The summed E-state index contributed by atoms with van der Waals surface area (Å²) in [7, 11) is 3.53. The van der Waals surface area contributed by atoms with Crippen LogP contribution in [0.25, 0.3) is 0 Å². The smallest absolute Gasteiger partial charge is 0.119 e. The number of benzene rings is 1. The highest BCUT2D eigenvalue weighted by Gasteiger charge is 2.30. The normalized spacial score (nSPS) is 20.8. The number of rotatable bonds is 8. The Morgan fingerprint density at radius 2 is 1.44 bits per heavy atom. The summed E-state index contributed by atoms with van der Waals surface area (Å²) in [5.74, 6) is 2.16. The third kappa shape index (κ3) is 8.73. The Labute approximate surface area is 156 Å². The lowest BCUT2D eigenvalue weighted by Crippen LogP contribution is -2.38. The fourth-order valence-corrected chi connectivity index (χ4v) is 2.70. The first kappa shape index (κ1) is 23.9. The summed E-state index contributed by atoms with van der Waals surface area (Å²) in [5, 5.41) is 0. The summed E-state index contributed by atoms with van der Waals surface area (Å²) in [4.78, 5) is 0. The minimum Gasteiger partial charge on any atom is -0.490 e. The summed E-state index contributed by atoms with van der Waals surface area (Å²) >= 11 is 0. The van der Waals surface area contributed by atoms with Gasteiger partial charge in [0.15, 0.2) is 0 Å². The Kier molecular flexibility index (Phi) is 13.5. The Morgan fingerprint density at radius 3 is 1.92 bits per heavy atom. The zero-order valence-electron chi connectivity index (χ0n) is 17.7. The Bertz CT molecular complexity index is 410. The van der Waals surface area contributed by atoms with Gasteiger partial charge in [-0.1, -0.05) is 53.7 Å². The molecular formula is C22H40O3. The molecule has 3 nitrogen and oxygen atoms in total. The van der Waals surface area contributed by atoms with Gasteiger partial charge in [0.1, 0.15) is 11.9 Å². The van der Waals surface area contributed by atoms with Gasteiger partial charge in [-0.2, -0.15) is 0 Å². The van der Waals surface area contributed by atoms with Gasteiger partial charge in [-0.3, -0.25) is 0 Å². The molecule has 0 N–H and O–H groups in total. The Hall–Kier alpha value is -1.06. The van der Waals surface area contributed by atoms with Crippen LogP contribution in [-0.2, 0) is 15.9 Å². The van der Waals surface area contributed by atoms with Crippen molar-refractivity contribution in [2.45, 2.75) is 73.0 Å². The average Bonchev–Trinajstić information content (AvgIpc) is 2.62. The molecule has 0 amide bonds. The van der Waals surface area contributed by atoms with E-state index in [1.165, 1.54) is 5.56 Å². The van der Waals surface area contributed by atoms with Crippen LogP contribution in [0.5, 0.6) is 5.75 Å². The van der Waals surface area contributed by atoms with Crippen LogP contribution >= 0.6 is 0 Å². The van der Waals surface area contributed by atoms with Crippen molar-refractivity contribution < 1.29 is 14.2 Å². The summed E-state index contributed by atoms with van der Waals surface area (Å²) in [6.07, 6.45) is 3.80. The second-order valence-electron chi connectivity index (χ2n) is 6.33. The summed E-state index contributed by atoms with van der Waals surface area (Å²) in [5.41, 5.74) is 1.36. The molecule has 0 bridgehead atoms. The summed E-state index contributed by atoms with van der Waals surface area (Å²) in [6.45, 7) is 13.4. The van der Waals surface area contributed by atoms with Gasteiger partial charge in [0.25, 0.3) is 0 Å². The second kappa shape index (κ2) is 14.1. The largest absolute Gasteiger partial charge is 0.490 e. The highest BCUT2D eigenvalue weighted by molar-refractivity contribution is 5.28. The van der Waals surface area contributed by atoms with Gasteiger partial charge in [0.05, 0.1) is 6.10 Å². The van der Waals surface area contributed by atoms with Crippen LogP contribution < -0.4 is 4.74 Å². The first-order valence-corrected chi connectivity index (χ1v) is 9.89. The molecule has 1 fully saturated rings. The molecular weight excluding hydrogens is 312 g/mol. The summed E-state index contributed by atoms with van der Waals surface area (Å²) in [6, 6.07) is 8.53. The SMILES string of the molecule is CC.CC.COCC(C)C(C)Cc1ccc(OC2CC(OC)C2)cc1. The van der Waals surface area contributed by atoms with E-state index >= 15 is 0 Å². The highest BCUT2D eigenvalue weighted by Crippen LogP contribution is 2.28. The molecule has 2 atom stereocenters. The van der Waals surface area contributed by atoms with Gasteiger partial charge in [-0.25, -0.2) is 0 Å². The molecule has 2 unspecified atom stereocenters. The van der Waals surface area contributed by atoms with Gasteiger partial charge < -0.3 is 14.2 Å². The van der Waals surface area contributed by atoms with Gasteiger partial charge >= 0.3 is 0 Å². The van der Waals surface area contributed by atoms with E-state index in [4.69, 9.17) is 14.2 Å². The molecule has 0 radical (unpaired) electrons. The van der Waals surface area contributed by atoms with E-state index in [-0.39, 0.29) is 0 Å². The predicted octanol–water partition coefficient (Wildman–Crippen LogP) is 5.76. The molecule has 0 saturated heterocycles. The van der Waals surface area contributed by atoms with Crippen molar-refractivity contribution in [2.75, 3.05) is 20.8 Å². The maximum absolute atomic E-state index is 5.93. The van der Waals surface area contributed by atoms with E-state index in [1.54, 1.807) is 14.2 Å². The molecule has 3 heteroatoms. The highest BCUT2D eigenvalue weighted by atomic mass is 16.5.